The van der Waals surface area contributed by atoms with Crippen molar-refractivity contribution in [3.05, 3.63) is 39.4 Å². The summed E-state index contributed by atoms with van der Waals surface area (Å²) in [7, 11) is 0. The van der Waals surface area contributed by atoms with Gasteiger partial charge in [-0.15, -0.1) is 0 Å². The van der Waals surface area contributed by atoms with E-state index in [0.29, 0.717) is 17.5 Å². The molecule has 1 unspecified atom stereocenters. The lowest BCUT2D eigenvalue weighted by Crippen LogP contribution is -2.30. The van der Waals surface area contributed by atoms with Crippen molar-refractivity contribution in [3.8, 4) is 0 Å². The van der Waals surface area contributed by atoms with Crippen molar-refractivity contribution in [2.75, 3.05) is 11.9 Å². The Morgan fingerprint density at radius 3 is 2.68 bits per heavy atom. The molecule has 0 radical (unpaired) electrons. The average Bonchev–Trinajstić information content (AvgIpc) is 2.35. The van der Waals surface area contributed by atoms with Gasteiger partial charge in [-0.2, -0.15) is 4.39 Å². The smallest absolute Gasteiger partial charge is 0.305 e. The second-order valence-corrected chi connectivity index (χ2v) is 4.63. The zero-order chi connectivity index (χ0) is 14.6. The first-order valence-corrected chi connectivity index (χ1v) is 6.47. The van der Waals surface area contributed by atoms with E-state index in [1.807, 2.05) is 6.92 Å². The average molecular weight is 337 g/mol. The Balaban J connectivity index is 3.02. The van der Waals surface area contributed by atoms with Crippen LogP contribution in [0.2, 0.25) is 0 Å². The Morgan fingerprint density at radius 1 is 1.53 bits per heavy atom. The molecule has 0 heterocycles. The maximum atomic E-state index is 13.7. The summed E-state index contributed by atoms with van der Waals surface area (Å²) in [5.74, 6) is -3.54. The fourth-order valence-electron chi connectivity index (χ4n) is 1.30. The van der Waals surface area contributed by atoms with E-state index in [9.17, 15) is 23.7 Å². The van der Waals surface area contributed by atoms with Crippen molar-refractivity contribution in [2.45, 2.75) is 6.92 Å². The number of nitro benzene ring substituents is 1. The summed E-state index contributed by atoms with van der Waals surface area (Å²) in [5.41, 5.74) is -1.86. The summed E-state index contributed by atoms with van der Waals surface area (Å²) < 4.78 is 27.1. The number of carbonyl (C=O) groups is 1. The van der Waals surface area contributed by atoms with E-state index in [1.54, 1.807) is 0 Å². The zero-order valence-electron chi connectivity index (χ0n) is 9.95. The molecule has 19 heavy (non-hydrogen) atoms. The minimum Gasteiger partial charge on any atom is -0.352 e. The first-order chi connectivity index (χ1) is 8.88. The van der Waals surface area contributed by atoms with Crippen molar-refractivity contribution in [1.82, 2.24) is 5.32 Å². The molecule has 8 heteroatoms. The number of rotatable bonds is 5. The summed E-state index contributed by atoms with van der Waals surface area (Å²) in [6.07, 6.45) is 0. The van der Waals surface area contributed by atoms with Gasteiger partial charge in [0, 0.05) is 17.9 Å². The van der Waals surface area contributed by atoms with Crippen LogP contribution in [0.4, 0.5) is 14.5 Å². The number of nitrogens with one attached hydrogen (secondary N) is 1. The van der Waals surface area contributed by atoms with Crippen LogP contribution in [0, 0.1) is 27.7 Å². The molecule has 1 aromatic rings. The minimum absolute atomic E-state index is 0.0637. The number of carbonyl (C=O) groups excluding carboxylic acids is 1. The molecule has 0 spiro atoms. The lowest BCUT2D eigenvalue weighted by molar-refractivity contribution is -0.387. The van der Waals surface area contributed by atoms with Crippen LogP contribution in [0.1, 0.15) is 17.3 Å². The van der Waals surface area contributed by atoms with Crippen LogP contribution in [0.25, 0.3) is 0 Å². The number of halogens is 3. The molecule has 1 amide bonds. The highest BCUT2D eigenvalue weighted by Gasteiger charge is 2.26. The van der Waals surface area contributed by atoms with Gasteiger partial charge < -0.3 is 5.32 Å². The molecule has 104 valence electrons. The van der Waals surface area contributed by atoms with Crippen molar-refractivity contribution in [2.24, 2.45) is 5.92 Å². The zero-order valence-corrected chi connectivity index (χ0v) is 11.5. The van der Waals surface area contributed by atoms with E-state index in [2.05, 4.69) is 21.2 Å². The third-order valence-corrected chi connectivity index (χ3v) is 3.47. The number of nitro groups is 1. The second kappa shape index (κ2) is 6.55. The molecule has 1 rings (SSSR count). The van der Waals surface area contributed by atoms with Crippen LogP contribution in [0.5, 0.6) is 0 Å². The molecule has 0 fully saturated rings. The van der Waals surface area contributed by atoms with Crippen molar-refractivity contribution < 1.29 is 18.5 Å². The molecule has 1 N–H and O–H groups in total. The Hall–Kier alpha value is -1.57. The van der Waals surface area contributed by atoms with E-state index in [0.717, 1.165) is 0 Å². The fraction of sp³-hybridized carbons (Fsp3) is 0.364. The lowest BCUT2D eigenvalue weighted by atomic mass is 10.1. The Bertz CT molecular complexity index is 511. The fourth-order valence-corrected chi connectivity index (χ4v) is 1.53. The van der Waals surface area contributed by atoms with Gasteiger partial charge in [0.25, 0.3) is 5.91 Å². The highest BCUT2D eigenvalue weighted by Crippen LogP contribution is 2.22. The number of amides is 1. The highest BCUT2D eigenvalue weighted by molar-refractivity contribution is 9.09. The van der Waals surface area contributed by atoms with Crippen molar-refractivity contribution >= 4 is 27.5 Å². The summed E-state index contributed by atoms with van der Waals surface area (Å²) in [6, 6.07) is 1.38. The van der Waals surface area contributed by atoms with Gasteiger partial charge in [0.15, 0.2) is 0 Å². The van der Waals surface area contributed by atoms with E-state index >= 15 is 0 Å². The van der Waals surface area contributed by atoms with Crippen molar-refractivity contribution in [3.63, 3.8) is 0 Å². The van der Waals surface area contributed by atoms with Gasteiger partial charge in [-0.1, -0.05) is 22.9 Å². The molecule has 1 aromatic carbocycles. The SMILES string of the molecule is CC(CBr)CNC(=O)c1c(F)ccc([N+](=O)[O-])c1F. The lowest BCUT2D eigenvalue weighted by Gasteiger charge is -2.10. The molecule has 1 atom stereocenters. The second-order valence-electron chi connectivity index (χ2n) is 3.98. The molecular formula is C11H11BrF2N2O3. The highest BCUT2D eigenvalue weighted by atomic mass is 79.9. The van der Waals surface area contributed by atoms with Crippen LogP contribution in [-0.4, -0.2) is 22.7 Å². The standard InChI is InChI=1S/C11H11BrF2N2O3/c1-6(4-12)5-15-11(17)9-7(13)2-3-8(10(9)14)16(18)19/h2-3,6H,4-5H2,1H3,(H,15,17). The minimum atomic E-state index is -1.46. The van der Waals surface area contributed by atoms with Gasteiger partial charge in [0.1, 0.15) is 11.4 Å². The molecule has 0 aliphatic carbocycles. The number of nitrogens with zero attached hydrogens (tertiary/aromatic N) is 1. The van der Waals surface area contributed by atoms with Gasteiger partial charge in [0.2, 0.25) is 5.82 Å². The van der Waals surface area contributed by atoms with Crippen LogP contribution in [0.15, 0.2) is 12.1 Å². The summed E-state index contributed by atoms with van der Waals surface area (Å²) in [4.78, 5) is 21.2. The monoisotopic (exact) mass is 336 g/mol. The van der Waals surface area contributed by atoms with Gasteiger partial charge >= 0.3 is 5.69 Å². The van der Waals surface area contributed by atoms with Crippen molar-refractivity contribution in [1.29, 1.82) is 0 Å². The predicted molar refractivity (Wildman–Crippen MR) is 68.3 cm³/mol. The van der Waals surface area contributed by atoms with Gasteiger partial charge in [-0.3, -0.25) is 14.9 Å². The van der Waals surface area contributed by atoms with Gasteiger partial charge in [0.05, 0.1) is 4.92 Å². The summed E-state index contributed by atoms with van der Waals surface area (Å²) in [6.45, 7) is 2.01. The quantitative estimate of drug-likeness (QED) is 0.510. The van der Waals surface area contributed by atoms with Gasteiger partial charge in [-0.05, 0) is 12.0 Å². The Kier molecular flexibility index (Phi) is 5.34. The van der Waals surface area contributed by atoms with E-state index in [4.69, 9.17) is 0 Å². The molecule has 0 saturated heterocycles. The third kappa shape index (κ3) is 3.69. The third-order valence-electron chi connectivity index (χ3n) is 2.37. The van der Waals surface area contributed by atoms with Crippen LogP contribution < -0.4 is 5.32 Å². The molecular weight excluding hydrogens is 326 g/mol. The molecule has 0 bridgehead atoms. The first kappa shape index (κ1) is 15.5. The van der Waals surface area contributed by atoms with E-state index in [1.165, 1.54) is 0 Å². The molecule has 0 aliphatic heterocycles. The summed E-state index contributed by atoms with van der Waals surface area (Å²) in [5, 5.41) is 13.5. The summed E-state index contributed by atoms with van der Waals surface area (Å²) >= 11 is 3.19. The topological polar surface area (TPSA) is 72.2 Å². The molecule has 0 aliphatic rings. The number of hydrogen-bond donors (Lipinski definition) is 1. The first-order valence-electron chi connectivity index (χ1n) is 5.35. The van der Waals surface area contributed by atoms with Crippen LogP contribution >= 0.6 is 15.9 Å². The maximum Gasteiger partial charge on any atom is 0.305 e. The number of hydrogen-bond acceptors (Lipinski definition) is 3. The molecule has 5 nitrogen and oxygen atoms in total. The Labute approximate surface area is 116 Å². The predicted octanol–water partition coefficient (Wildman–Crippen LogP) is 2.63. The maximum absolute atomic E-state index is 13.7. The van der Waals surface area contributed by atoms with E-state index < -0.39 is 33.7 Å². The van der Waals surface area contributed by atoms with Crippen LogP contribution in [-0.2, 0) is 0 Å². The van der Waals surface area contributed by atoms with E-state index in [-0.39, 0.29) is 12.5 Å². The number of benzene rings is 1. The van der Waals surface area contributed by atoms with Crippen LogP contribution in [0.3, 0.4) is 0 Å². The normalized spacial score (nSPS) is 12.0. The van der Waals surface area contributed by atoms with Gasteiger partial charge in [-0.25, -0.2) is 4.39 Å². The Morgan fingerprint density at radius 2 is 2.16 bits per heavy atom. The largest absolute Gasteiger partial charge is 0.352 e. The molecule has 0 aromatic heterocycles. The number of alkyl halides is 1. The molecule has 0 saturated carbocycles.